The Labute approximate surface area is 218 Å². The standard InChI is InChI=1S/C24H27Cl2FN4O5/c1-24(2,3)36-23(34)31-12-15(29-21(32)13-35-16-6-7-17(26)18(27)10-16)5-8-19(31)22(33)30-20-9-4-14(25)11-28-20/h4,6-7,9-11,15,19H,5,8,12-13H2,1-3H3,(H,29,32)(H,28,30,33)/t15-,19+/m0/s1. The van der Waals surface area contributed by atoms with Crippen molar-refractivity contribution in [3.63, 3.8) is 0 Å². The lowest BCUT2D eigenvalue weighted by Gasteiger charge is -2.39. The molecule has 2 N–H and O–H groups in total. The molecule has 2 heterocycles. The Morgan fingerprint density at radius 2 is 1.92 bits per heavy atom. The number of benzene rings is 1. The number of hydrogen-bond donors (Lipinski definition) is 2. The van der Waals surface area contributed by atoms with Crippen molar-refractivity contribution in [3.05, 3.63) is 52.4 Å². The summed E-state index contributed by atoms with van der Waals surface area (Å²) < 4.78 is 24.4. The fourth-order valence-electron chi connectivity index (χ4n) is 3.53. The van der Waals surface area contributed by atoms with Gasteiger partial charge in [-0.2, -0.15) is 0 Å². The summed E-state index contributed by atoms with van der Waals surface area (Å²) in [5.41, 5.74) is -0.784. The molecule has 36 heavy (non-hydrogen) atoms. The minimum absolute atomic E-state index is 0.0440. The maximum absolute atomic E-state index is 13.6. The molecule has 0 saturated carbocycles. The van der Waals surface area contributed by atoms with E-state index < -0.39 is 41.4 Å². The number of carbonyl (C=O) groups is 3. The first-order valence-electron chi connectivity index (χ1n) is 11.2. The van der Waals surface area contributed by atoms with Crippen LogP contribution in [0.5, 0.6) is 5.75 Å². The molecule has 1 saturated heterocycles. The van der Waals surface area contributed by atoms with Gasteiger partial charge in [0.1, 0.15) is 29.0 Å². The van der Waals surface area contributed by atoms with E-state index >= 15 is 0 Å². The van der Waals surface area contributed by atoms with Gasteiger partial charge in [-0.25, -0.2) is 14.2 Å². The quantitative estimate of drug-likeness (QED) is 0.560. The number of pyridine rings is 1. The predicted octanol–water partition coefficient (Wildman–Crippen LogP) is 4.43. The van der Waals surface area contributed by atoms with Crippen LogP contribution in [0.25, 0.3) is 0 Å². The second-order valence-corrected chi connectivity index (χ2v) is 10.0. The third-order valence-electron chi connectivity index (χ3n) is 5.12. The number of anilines is 1. The third-order valence-corrected chi connectivity index (χ3v) is 5.65. The lowest BCUT2D eigenvalue weighted by Crippen LogP contribution is -2.58. The van der Waals surface area contributed by atoms with Gasteiger partial charge in [0.15, 0.2) is 6.61 Å². The van der Waals surface area contributed by atoms with Gasteiger partial charge in [0.25, 0.3) is 5.91 Å². The first-order valence-corrected chi connectivity index (χ1v) is 12.0. The Hall–Kier alpha value is -3.11. The summed E-state index contributed by atoms with van der Waals surface area (Å²) in [6.07, 6.45) is 1.41. The van der Waals surface area contributed by atoms with E-state index in [0.29, 0.717) is 17.3 Å². The molecule has 12 heteroatoms. The fourth-order valence-corrected chi connectivity index (χ4v) is 3.76. The zero-order valence-corrected chi connectivity index (χ0v) is 21.5. The molecule has 1 aliphatic rings. The molecule has 1 aromatic heterocycles. The topological polar surface area (TPSA) is 110 Å². The molecule has 0 radical (unpaired) electrons. The van der Waals surface area contributed by atoms with Crippen molar-refractivity contribution in [2.45, 2.75) is 51.3 Å². The number of aromatic nitrogens is 1. The first-order chi connectivity index (χ1) is 16.9. The van der Waals surface area contributed by atoms with Crippen LogP contribution >= 0.6 is 23.2 Å². The average Bonchev–Trinajstić information content (AvgIpc) is 2.80. The normalized spacial score (nSPS) is 17.8. The number of nitrogens with one attached hydrogen (secondary N) is 2. The summed E-state index contributed by atoms with van der Waals surface area (Å²) >= 11 is 11.5. The maximum atomic E-state index is 13.6. The van der Waals surface area contributed by atoms with E-state index in [1.54, 1.807) is 32.9 Å². The number of amides is 3. The monoisotopic (exact) mass is 540 g/mol. The molecule has 3 amide bonds. The summed E-state index contributed by atoms with van der Waals surface area (Å²) in [6.45, 7) is 4.84. The highest BCUT2D eigenvalue weighted by molar-refractivity contribution is 6.30. The van der Waals surface area contributed by atoms with Gasteiger partial charge < -0.3 is 20.1 Å². The maximum Gasteiger partial charge on any atom is 0.411 e. The smallest absolute Gasteiger partial charge is 0.411 e. The molecule has 1 aliphatic heterocycles. The van der Waals surface area contributed by atoms with Crippen LogP contribution in [0.15, 0.2) is 36.5 Å². The Balaban J connectivity index is 1.64. The van der Waals surface area contributed by atoms with Gasteiger partial charge in [-0.05, 0) is 57.9 Å². The van der Waals surface area contributed by atoms with Crippen LogP contribution in [-0.2, 0) is 14.3 Å². The highest BCUT2D eigenvalue weighted by atomic mass is 35.5. The molecule has 1 fully saturated rings. The van der Waals surface area contributed by atoms with Gasteiger partial charge >= 0.3 is 6.09 Å². The van der Waals surface area contributed by atoms with E-state index in [2.05, 4.69) is 15.6 Å². The highest BCUT2D eigenvalue weighted by Crippen LogP contribution is 2.23. The molecular weight excluding hydrogens is 514 g/mol. The van der Waals surface area contributed by atoms with Crippen molar-refractivity contribution in [1.29, 1.82) is 0 Å². The SMILES string of the molecule is CC(C)(C)OC(=O)N1C[C@@H](NC(=O)COc2ccc(Cl)c(F)c2)CC[C@@H]1C(=O)Nc1ccc(Cl)cn1. The van der Waals surface area contributed by atoms with Crippen LogP contribution in [0, 0.1) is 5.82 Å². The molecule has 0 unspecified atom stereocenters. The van der Waals surface area contributed by atoms with Gasteiger partial charge in [-0.3, -0.25) is 14.5 Å². The van der Waals surface area contributed by atoms with Crippen molar-refractivity contribution in [1.82, 2.24) is 15.2 Å². The second kappa shape index (κ2) is 11.7. The number of nitrogens with zero attached hydrogens (tertiary/aromatic N) is 2. The molecule has 2 atom stereocenters. The van der Waals surface area contributed by atoms with Gasteiger partial charge in [0, 0.05) is 24.8 Å². The largest absolute Gasteiger partial charge is 0.484 e. The van der Waals surface area contributed by atoms with Crippen LogP contribution < -0.4 is 15.4 Å². The molecule has 0 bridgehead atoms. The second-order valence-electron chi connectivity index (χ2n) is 9.21. The molecular formula is C24H27Cl2FN4O5. The number of halogens is 3. The Kier molecular flexibility index (Phi) is 8.97. The van der Waals surface area contributed by atoms with Gasteiger partial charge in [0.05, 0.1) is 10.0 Å². The summed E-state index contributed by atoms with van der Waals surface area (Å²) in [7, 11) is 0. The van der Waals surface area contributed by atoms with Gasteiger partial charge in [-0.1, -0.05) is 23.2 Å². The summed E-state index contributed by atoms with van der Waals surface area (Å²) in [5, 5.41) is 5.84. The number of ether oxygens (including phenoxy) is 2. The molecule has 194 valence electrons. The lowest BCUT2D eigenvalue weighted by molar-refractivity contribution is -0.125. The first kappa shape index (κ1) is 27.5. The minimum atomic E-state index is -0.834. The minimum Gasteiger partial charge on any atom is -0.484 e. The Bertz CT molecular complexity index is 1110. The van der Waals surface area contributed by atoms with Crippen LogP contribution in [0.2, 0.25) is 10.0 Å². The molecule has 0 aliphatic carbocycles. The number of piperidine rings is 1. The van der Waals surface area contributed by atoms with Crippen molar-refractivity contribution in [2.24, 2.45) is 0 Å². The zero-order chi connectivity index (χ0) is 26.5. The van der Waals surface area contributed by atoms with Crippen molar-refractivity contribution in [3.8, 4) is 5.75 Å². The highest BCUT2D eigenvalue weighted by Gasteiger charge is 2.38. The Morgan fingerprint density at radius 1 is 1.17 bits per heavy atom. The molecule has 0 spiro atoms. The van der Waals surface area contributed by atoms with E-state index in [1.807, 2.05) is 0 Å². The molecule has 9 nitrogen and oxygen atoms in total. The van der Waals surface area contributed by atoms with E-state index in [-0.39, 0.29) is 30.3 Å². The number of likely N-dealkylation sites (tertiary alicyclic amines) is 1. The number of carbonyl (C=O) groups excluding carboxylic acids is 3. The molecule has 1 aromatic carbocycles. The molecule has 2 aromatic rings. The van der Waals surface area contributed by atoms with E-state index in [4.69, 9.17) is 32.7 Å². The summed E-state index contributed by atoms with van der Waals surface area (Å²) in [6, 6.07) is 5.71. The average molecular weight is 541 g/mol. The summed E-state index contributed by atoms with van der Waals surface area (Å²) in [4.78, 5) is 43.7. The van der Waals surface area contributed by atoms with E-state index in [1.165, 1.54) is 23.2 Å². The summed E-state index contributed by atoms with van der Waals surface area (Å²) in [5.74, 6) is -1.12. The predicted molar refractivity (Wildman–Crippen MR) is 133 cm³/mol. The van der Waals surface area contributed by atoms with Gasteiger partial charge in [-0.15, -0.1) is 0 Å². The van der Waals surface area contributed by atoms with Crippen LogP contribution in [-0.4, -0.2) is 58.6 Å². The van der Waals surface area contributed by atoms with Crippen molar-refractivity contribution < 1.29 is 28.2 Å². The molecule has 3 rings (SSSR count). The third kappa shape index (κ3) is 7.96. The van der Waals surface area contributed by atoms with Crippen LogP contribution in [0.3, 0.4) is 0 Å². The van der Waals surface area contributed by atoms with Crippen molar-refractivity contribution >= 4 is 46.9 Å². The van der Waals surface area contributed by atoms with Crippen LogP contribution in [0.4, 0.5) is 15.0 Å². The lowest BCUT2D eigenvalue weighted by atomic mass is 9.97. The zero-order valence-electron chi connectivity index (χ0n) is 20.0. The number of rotatable bonds is 6. The van der Waals surface area contributed by atoms with E-state index in [0.717, 1.165) is 6.07 Å². The number of hydrogen-bond acceptors (Lipinski definition) is 6. The van der Waals surface area contributed by atoms with Gasteiger partial charge in [0.2, 0.25) is 5.91 Å². The fraction of sp³-hybridized carbons (Fsp3) is 0.417. The Morgan fingerprint density at radius 3 is 2.56 bits per heavy atom. The van der Waals surface area contributed by atoms with Crippen molar-refractivity contribution in [2.75, 3.05) is 18.5 Å². The van der Waals surface area contributed by atoms with E-state index in [9.17, 15) is 18.8 Å². The van der Waals surface area contributed by atoms with Crippen LogP contribution in [0.1, 0.15) is 33.6 Å².